The van der Waals surface area contributed by atoms with Crippen molar-refractivity contribution in [2.24, 2.45) is 0 Å². The summed E-state index contributed by atoms with van der Waals surface area (Å²) >= 11 is 0. The first-order chi connectivity index (χ1) is 10.3. The summed E-state index contributed by atoms with van der Waals surface area (Å²) in [7, 11) is 0. The summed E-state index contributed by atoms with van der Waals surface area (Å²) in [5.41, 5.74) is -3.08. The number of hydrogen-bond acceptors (Lipinski definition) is 8. The summed E-state index contributed by atoms with van der Waals surface area (Å²) in [6.45, 7) is 0. The van der Waals surface area contributed by atoms with Crippen molar-refractivity contribution in [3.63, 3.8) is 0 Å². The maximum Gasteiger partial charge on any atom is 0.294 e. The molecular formula is C11H5N3O8. The molecule has 0 aliphatic carbocycles. The van der Waals surface area contributed by atoms with Crippen molar-refractivity contribution >= 4 is 23.3 Å². The number of nitro benzene ring substituents is 3. The van der Waals surface area contributed by atoms with E-state index in [4.69, 9.17) is 4.42 Å². The van der Waals surface area contributed by atoms with Crippen LogP contribution in [0.5, 0.6) is 0 Å². The molecule has 1 aromatic heterocycles. The maximum absolute atomic E-state index is 11.1. The van der Waals surface area contributed by atoms with E-state index in [-0.39, 0.29) is 11.5 Å². The van der Waals surface area contributed by atoms with Gasteiger partial charge in [0.25, 0.3) is 17.1 Å². The van der Waals surface area contributed by atoms with Crippen LogP contribution in [0.15, 0.2) is 28.7 Å². The summed E-state index contributed by atoms with van der Waals surface area (Å²) in [5, 5.41) is 32.9. The molecular weight excluding hydrogens is 302 g/mol. The van der Waals surface area contributed by atoms with Gasteiger partial charge in [-0.2, -0.15) is 0 Å². The second-order valence-electron chi connectivity index (χ2n) is 3.95. The van der Waals surface area contributed by atoms with Gasteiger partial charge in [0.2, 0.25) is 0 Å². The van der Waals surface area contributed by atoms with Gasteiger partial charge in [0.15, 0.2) is 17.6 Å². The summed E-state index contributed by atoms with van der Waals surface area (Å²) in [5.74, 6) is -0.507. The Kier molecular flexibility index (Phi) is 3.62. The van der Waals surface area contributed by atoms with Crippen molar-refractivity contribution in [3.05, 3.63) is 60.4 Å². The Labute approximate surface area is 120 Å². The maximum atomic E-state index is 11.1. The van der Waals surface area contributed by atoms with Gasteiger partial charge in [0.05, 0.1) is 26.9 Å². The van der Waals surface area contributed by atoms with Crippen LogP contribution >= 0.6 is 0 Å². The van der Waals surface area contributed by atoms with Crippen LogP contribution in [0.1, 0.15) is 10.6 Å². The molecule has 0 spiro atoms. The summed E-state index contributed by atoms with van der Waals surface area (Å²) in [6.07, 6.45) is 0.312. The van der Waals surface area contributed by atoms with Crippen LogP contribution in [-0.4, -0.2) is 21.1 Å². The number of furan rings is 1. The Hall–Kier alpha value is -3.63. The Balaban J connectivity index is 2.84. The van der Waals surface area contributed by atoms with E-state index in [1.807, 2.05) is 0 Å². The number of non-ortho nitro benzene ring substituents is 1. The molecule has 2 rings (SSSR count). The first-order valence-corrected chi connectivity index (χ1v) is 5.51. The minimum Gasteiger partial charge on any atom is -0.453 e. The van der Waals surface area contributed by atoms with Crippen molar-refractivity contribution < 1.29 is 24.0 Å². The molecule has 1 aromatic carbocycles. The van der Waals surface area contributed by atoms with E-state index >= 15 is 0 Å². The quantitative estimate of drug-likeness (QED) is 0.462. The molecule has 22 heavy (non-hydrogen) atoms. The van der Waals surface area contributed by atoms with E-state index in [0.29, 0.717) is 18.4 Å². The van der Waals surface area contributed by atoms with Gasteiger partial charge >= 0.3 is 0 Å². The largest absolute Gasteiger partial charge is 0.453 e. The van der Waals surface area contributed by atoms with Crippen molar-refractivity contribution in [1.82, 2.24) is 0 Å². The zero-order chi connectivity index (χ0) is 16.4. The van der Waals surface area contributed by atoms with Crippen LogP contribution in [0.2, 0.25) is 0 Å². The van der Waals surface area contributed by atoms with Crippen molar-refractivity contribution in [1.29, 1.82) is 0 Å². The smallest absolute Gasteiger partial charge is 0.294 e. The Morgan fingerprint density at radius 1 is 0.909 bits per heavy atom. The van der Waals surface area contributed by atoms with Crippen molar-refractivity contribution in [2.75, 3.05) is 0 Å². The number of rotatable bonds is 5. The highest BCUT2D eigenvalue weighted by Gasteiger charge is 2.33. The van der Waals surface area contributed by atoms with E-state index in [0.717, 1.165) is 12.1 Å². The molecule has 0 aliphatic rings. The summed E-state index contributed by atoms with van der Waals surface area (Å²) < 4.78 is 4.95. The molecule has 0 unspecified atom stereocenters. The third kappa shape index (κ3) is 2.49. The van der Waals surface area contributed by atoms with Gasteiger partial charge in [0, 0.05) is 0 Å². The third-order valence-electron chi connectivity index (χ3n) is 2.68. The molecule has 0 atom stereocenters. The molecule has 0 N–H and O–H groups in total. The highest BCUT2D eigenvalue weighted by atomic mass is 16.6. The minimum absolute atomic E-state index is 0.197. The predicted molar refractivity (Wildman–Crippen MR) is 69.5 cm³/mol. The molecule has 2 aromatic rings. The van der Waals surface area contributed by atoms with Crippen LogP contribution < -0.4 is 0 Å². The van der Waals surface area contributed by atoms with E-state index in [2.05, 4.69) is 0 Å². The molecule has 11 heteroatoms. The fourth-order valence-electron chi connectivity index (χ4n) is 1.79. The van der Waals surface area contributed by atoms with Crippen LogP contribution in [-0.2, 0) is 0 Å². The van der Waals surface area contributed by atoms with Crippen LogP contribution in [0, 0.1) is 30.3 Å². The van der Waals surface area contributed by atoms with Gasteiger partial charge in [-0.1, -0.05) is 0 Å². The lowest BCUT2D eigenvalue weighted by Crippen LogP contribution is -2.00. The lowest BCUT2D eigenvalue weighted by atomic mass is 10.1. The second kappa shape index (κ2) is 5.40. The molecule has 0 saturated heterocycles. The molecule has 0 saturated carbocycles. The lowest BCUT2D eigenvalue weighted by Gasteiger charge is -2.02. The number of aldehydes is 1. The van der Waals surface area contributed by atoms with Crippen LogP contribution in [0.4, 0.5) is 17.1 Å². The van der Waals surface area contributed by atoms with Gasteiger partial charge < -0.3 is 4.42 Å². The van der Waals surface area contributed by atoms with Gasteiger partial charge in [-0.3, -0.25) is 35.1 Å². The lowest BCUT2D eigenvalue weighted by molar-refractivity contribution is -0.402. The molecule has 1 heterocycles. The van der Waals surface area contributed by atoms with Crippen molar-refractivity contribution in [3.8, 4) is 11.3 Å². The van der Waals surface area contributed by atoms with E-state index < -0.39 is 37.4 Å². The average molecular weight is 307 g/mol. The monoisotopic (exact) mass is 307 g/mol. The number of hydrogen-bond donors (Lipinski definition) is 0. The molecule has 0 bridgehead atoms. The topological polar surface area (TPSA) is 160 Å². The number of nitro groups is 3. The van der Waals surface area contributed by atoms with Gasteiger partial charge in [-0.15, -0.1) is 0 Å². The second-order valence-corrected chi connectivity index (χ2v) is 3.95. The Bertz CT molecular complexity index is 774. The molecule has 0 radical (unpaired) electrons. The van der Waals surface area contributed by atoms with E-state index in [1.165, 1.54) is 0 Å². The first kappa shape index (κ1) is 14.8. The van der Waals surface area contributed by atoms with E-state index in [1.54, 1.807) is 0 Å². The minimum atomic E-state index is -1.00. The standard InChI is InChI=1S/C11H5N3O8/c15-5-7-1-2-10(22-7)11-8(13(18)19)3-6(12(16)17)4-9(11)14(20)21/h1-5H. The highest BCUT2D eigenvalue weighted by Crippen LogP contribution is 2.41. The van der Waals surface area contributed by atoms with Gasteiger partial charge in [0.1, 0.15) is 5.76 Å². The average Bonchev–Trinajstić information content (AvgIpc) is 2.94. The SMILES string of the molecule is O=Cc1ccc(-c2c([N+](=O)[O-])cc([N+](=O)[O-])cc2[N+](=O)[O-])o1. The number of carbonyl (C=O) groups excluding carboxylic acids is 1. The zero-order valence-electron chi connectivity index (χ0n) is 10.5. The third-order valence-corrected chi connectivity index (χ3v) is 2.68. The molecule has 0 aliphatic heterocycles. The van der Waals surface area contributed by atoms with Crippen LogP contribution in [0.3, 0.4) is 0 Å². The highest BCUT2D eigenvalue weighted by molar-refractivity contribution is 5.83. The fourth-order valence-corrected chi connectivity index (χ4v) is 1.79. The van der Waals surface area contributed by atoms with Crippen molar-refractivity contribution in [2.45, 2.75) is 0 Å². The first-order valence-electron chi connectivity index (χ1n) is 5.51. The molecule has 112 valence electrons. The van der Waals surface area contributed by atoms with Gasteiger partial charge in [-0.25, -0.2) is 0 Å². The molecule has 0 amide bonds. The fraction of sp³-hybridized carbons (Fsp3) is 0. The Morgan fingerprint density at radius 2 is 1.45 bits per heavy atom. The zero-order valence-corrected chi connectivity index (χ0v) is 10.5. The number of carbonyl (C=O) groups is 1. The summed E-state index contributed by atoms with van der Waals surface area (Å²) in [4.78, 5) is 40.5. The predicted octanol–water partition coefficient (Wildman–Crippen LogP) is 2.48. The Morgan fingerprint density at radius 3 is 1.82 bits per heavy atom. The normalized spacial score (nSPS) is 10.2. The number of benzene rings is 1. The summed E-state index contributed by atoms with van der Waals surface area (Å²) in [6, 6.07) is 3.47. The van der Waals surface area contributed by atoms with Crippen LogP contribution in [0.25, 0.3) is 11.3 Å². The number of nitrogens with zero attached hydrogens (tertiary/aromatic N) is 3. The molecule has 0 fully saturated rings. The molecule has 11 nitrogen and oxygen atoms in total. The van der Waals surface area contributed by atoms with E-state index in [9.17, 15) is 35.1 Å². The van der Waals surface area contributed by atoms with Gasteiger partial charge in [-0.05, 0) is 12.1 Å².